The Balaban J connectivity index is 1.20. The van der Waals surface area contributed by atoms with Crippen molar-refractivity contribution < 1.29 is 13.6 Å². The number of nitrogens with one attached hydrogen (secondary N) is 2. The number of hydrogen-bond donors (Lipinski definition) is 3. The van der Waals surface area contributed by atoms with Gasteiger partial charge < -0.3 is 25.2 Å². The van der Waals surface area contributed by atoms with E-state index >= 15 is 0 Å². The number of benzene rings is 3. The van der Waals surface area contributed by atoms with Crippen molar-refractivity contribution in [1.29, 1.82) is 0 Å². The number of furan rings is 2. The molecule has 0 bridgehead atoms. The number of nitrogens with two attached hydrogens (primary N) is 1. The second kappa shape index (κ2) is 9.16. The van der Waals surface area contributed by atoms with Crippen molar-refractivity contribution in [3.05, 3.63) is 109 Å². The van der Waals surface area contributed by atoms with Gasteiger partial charge in [-0.3, -0.25) is 4.79 Å². The van der Waals surface area contributed by atoms with Crippen LogP contribution >= 0.6 is 0 Å². The van der Waals surface area contributed by atoms with E-state index in [1.54, 1.807) is 35.0 Å². The van der Waals surface area contributed by atoms with E-state index in [2.05, 4.69) is 27.9 Å². The Morgan fingerprint density at radius 1 is 0.872 bits per heavy atom. The lowest BCUT2D eigenvalue weighted by Crippen LogP contribution is -2.11. The Hall–Kier alpha value is -5.41. The van der Waals surface area contributed by atoms with Gasteiger partial charge in [0, 0.05) is 27.7 Å². The summed E-state index contributed by atoms with van der Waals surface area (Å²) >= 11 is 0. The van der Waals surface area contributed by atoms with Crippen LogP contribution in [0.1, 0.15) is 16.3 Å². The summed E-state index contributed by atoms with van der Waals surface area (Å²) in [6.07, 6.45) is 1.73. The molecule has 4 heterocycles. The van der Waals surface area contributed by atoms with Gasteiger partial charge in [-0.25, -0.2) is 9.50 Å². The zero-order valence-corrected chi connectivity index (χ0v) is 20.6. The predicted molar refractivity (Wildman–Crippen MR) is 150 cm³/mol. The number of carbonyl (C=O) groups excluding carboxylic acids is 1. The molecule has 9 heteroatoms. The maximum absolute atomic E-state index is 12.5. The van der Waals surface area contributed by atoms with E-state index in [0.29, 0.717) is 17.4 Å². The van der Waals surface area contributed by atoms with Crippen molar-refractivity contribution >= 4 is 50.7 Å². The minimum absolute atomic E-state index is 0.208. The zero-order chi connectivity index (χ0) is 26.3. The highest BCUT2D eigenvalue weighted by atomic mass is 16.4. The summed E-state index contributed by atoms with van der Waals surface area (Å²) in [7, 11) is 0. The number of carbonyl (C=O) groups is 1. The molecule has 0 saturated heterocycles. The molecular weight excluding hydrogens is 492 g/mol. The Labute approximate surface area is 221 Å². The van der Waals surface area contributed by atoms with E-state index < -0.39 is 0 Å². The molecule has 0 aliphatic carbocycles. The topological polar surface area (TPSA) is 124 Å². The smallest absolute Gasteiger partial charge is 0.291 e. The van der Waals surface area contributed by atoms with Crippen LogP contribution in [0.4, 0.5) is 17.3 Å². The highest BCUT2D eigenvalue weighted by molar-refractivity contribution is 6.09. The summed E-state index contributed by atoms with van der Waals surface area (Å²) in [6.45, 7) is 0.236. The first kappa shape index (κ1) is 22.8. The fraction of sp³-hybridized carbons (Fsp3) is 0.0333. The average Bonchev–Trinajstić information content (AvgIpc) is 3.72. The van der Waals surface area contributed by atoms with Crippen LogP contribution in [0.3, 0.4) is 0 Å². The summed E-state index contributed by atoms with van der Waals surface area (Å²) in [5.74, 6) is 0.959. The highest BCUT2D eigenvalue weighted by Gasteiger charge is 2.16. The molecule has 0 radical (unpaired) electrons. The number of para-hydroxylation sites is 2. The summed E-state index contributed by atoms with van der Waals surface area (Å²) in [5.41, 5.74) is 11.1. The third-order valence-electron chi connectivity index (χ3n) is 6.55. The molecule has 0 aliphatic rings. The van der Waals surface area contributed by atoms with Gasteiger partial charge >= 0.3 is 0 Å². The number of rotatable bonds is 6. The molecule has 0 spiro atoms. The molecule has 0 aliphatic heterocycles. The van der Waals surface area contributed by atoms with Crippen molar-refractivity contribution in [1.82, 2.24) is 14.6 Å². The SMILES string of the molecule is NCc1ccc(C(=O)Nc2ccc(Nc3nc(-c4cccc5c4oc4ccccc45)cc4ccnn34)cc2)o1. The van der Waals surface area contributed by atoms with E-state index in [4.69, 9.17) is 19.6 Å². The van der Waals surface area contributed by atoms with Crippen molar-refractivity contribution in [2.45, 2.75) is 6.54 Å². The van der Waals surface area contributed by atoms with Gasteiger partial charge in [-0.15, -0.1) is 0 Å². The van der Waals surface area contributed by atoms with E-state index in [1.165, 1.54) is 0 Å². The Kier molecular flexibility index (Phi) is 5.35. The van der Waals surface area contributed by atoms with Gasteiger partial charge in [-0.05, 0) is 60.7 Å². The molecule has 9 nitrogen and oxygen atoms in total. The molecule has 1 amide bonds. The van der Waals surface area contributed by atoms with Gasteiger partial charge in [-0.2, -0.15) is 5.10 Å². The quantitative estimate of drug-likeness (QED) is 0.236. The van der Waals surface area contributed by atoms with Gasteiger partial charge in [0.25, 0.3) is 5.91 Å². The van der Waals surface area contributed by atoms with E-state index in [1.807, 2.05) is 54.6 Å². The Bertz CT molecular complexity index is 1980. The molecule has 0 saturated carbocycles. The van der Waals surface area contributed by atoms with Crippen LogP contribution < -0.4 is 16.4 Å². The molecule has 4 aromatic heterocycles. The fourth-order valence-electron chi connectivity index (χ4n) is 4.67. The summed E-state index contributed by atoms with van der Waals surface area (Å²) in [4.78, 5) is 17.4. The van der Waals surface area contributed by atoms with Crippen LogP contribution in [-0.2, 0) is 6.54 Å². The largest absolute Gasteiger partial charge is 0.455 e. The maximum atomic E-state index is 12.5. The average molecular weight is 515 g/mol. The van der Waals surface area contributed by atoms with Crippen molar-refractivity contribution in [2.75, 3.05) is 10.6 Å². The number of aromatic nitrogens is 3. The third-order valence-corrected chi connectivity index (χ3v) is 6.55. The van der Waals surface area contributed by atoms with Gasteiger partial charge in [0.1, 0.15) is 16.9 Å². The standard InChI is InChI=1S/C30H22N6O3/c31-17-21-12-13-27(38-21)29(37)33-18-8-10-19(11-9-18)34-30-35-25(16-20-14-15-32-36(20)30)24-6-3-5-23-22-4-1-2-7-26(22)39-28(23)24/h1-16H,17,31H2,(H,33,37)(H,34,35). The van der Waals surface area contributed by atoms with Gasteiger partial charge in [0.05, 0.1) is 24.0 Å². The molecule has 0 unspecified atom stereocenters. The van der Waals surface area contributed by atoms with Crippen LogP contribution in [-0.4, -0.2) is 20.5 Å². The van der Waals surface area contributed by atoms with Crippen molar-refractivity contribution in [3.63, 3.8) is 0 Å². The first-order valence-electron chi connectivity index (χ1n) is 12.4. The van der Waals surface area contributed by atoms with E-state index in [-0.39, 0.29) is 18.2 Å². The lowest BCUT2D eigenvalue weighted by Gasteiger charge is -2.11. The van der Waals surface area contributed by atoms with Crippen molar-refractivity contribution in [2.24, 2.45) is 5.73 Å². The molecule has 4 N–H and O–H groups in total. The highest BCUT2D eigenvalue weighted by Crippen LogP contribution is 2.36. The molecule has 190 valence electrons. The first-order valence-corrected chi connectivity index (χ1v) is 12.4. The number of hydrogen-bond acceptors (Lipinski definition) is 7. The number of nitrogens with zero attached hydrogens (tertiary/aromatic N) is 3. The second-order valence-corrected chi connectivity index (χ2v) is 9.04. The molecule has 3 aromatic carbocycles. The molecule has 7 rings (SSSR count). The van der Waals surface area contributed by atoms with Gasteiger partial charge in [0.15, 0.2) is 5.76 Å². The van der Waals surface area contributed by atoms with Crippen molar-refractivity contribution in [3.8, 4) is 11.3 Å². The zero-order valence-electron chi connectivity index (χ0n) is 20.6. The number of amides is 1. The number of anilines is 3. The second-order valence-electron chi connectivity index (χ2n) is 9.04. The van der Waals surface area contributed by atoms with Crippen LogP contribution in [0.5, 0.6) is 0 Å². The number of fused-ring (bicyclic) bond motifs is 4. The summed E-state index contributed by atoms with van der Waals surface area (Å²) < 4.78 is 13.4. The molecule has 0 atom stereocenters. The van der Waals surface area contributed by atoms with Gasteiger partial charge in [-0.1, -0.05) is 30.3 Å². The van der Waals surface area contributed by atoms with E-state index in [0.717, 1.165) is 44.4 Å². The van der Waals surface area contributed by atoms with Crippen LogP contribution in [0.15, 0.2) is 106 Å². The molecular formula is C30H22N6O3. The Morgan fingerprint density at radius 2 is 1.69 bits per heavy atom. The molecule has 0 fully saturated rings. The molecule has 39 heavy (non-hydrogen) atoms. The Morgan fingerprint density at radius 3 is 2.54 bits per heavy atom. The lowest BCUT2D eigenvalue weighted by atomic mass is 10.1. The molecule has 7 aromatic rings. The monoisotopic (exact) mass is 514 g/mol. The van der Waals surface area contributed by atoms with Crippen LogP contribution in [0.2, 0.25) is 0 Å². The predicted octanol–water partition coefficient (Wildman–Crippen LogP) is 6.34. The summed E-state index contributed by atoms with van der Waals surface area (Å²) in [5, 5.41) is 12.7. The van der Waals surface area contributed by atoms with E-state index in [9.17, 15) is 4.79 Å². The minimum atomic E-state index is -0.345. The maximum Gasteiger partial charge on any atom is 0.291 e. The normalized spacial score (nSPS) is 11.4. The van der Waals surface area contributed by atoms with Crippen LogP contribution in [0, 0.1) is 0 Å². The van der Waals surface area contributed by atoms with Crippen LogP contribution in [0.25, 0.3) is 38.7 Å². The van der Waals surface area contributed by atoms with Gasteiger partial charge in [0.2, 0.25) is 5.95 Å². The minimum Gasteiger partial charge on any atom is -0.455 e. The lowest BCUT2D eigenvalue weighted by molar-refractivity contribution is 0.0995. The fourth-order valence-corrected chi connectivity index (χ4v) is 4.67. The third kappa shape index (κ3) is 4.07. The summed E-state index contributed by atoms with van der Waals surface area (Å²) in [6, 6.07) is 28.6. The first-order chi connectivity index (χ1) is 19.2.